The van der Waals surface area contributed by atoms with Crippen molar-refractivity contribution in [3.63, 3.8) is 0 Å². The molecule has 0 aromatic heterocycles. The molecule has 160 valence electrons. The van der Waals surface area contributed by atoms with Crippen LogP contribution in [0.25, 0.3) is 0 Å². The van der Waals surface area contributed by atoms with Crippen LogP contribution in [0, 0.1) is 10.1 Å². The molecule has 0 aliphatic heterocycles. The second kappa shape index (κ2) is 10.9. The fraction of sp³-hybridized carbons (Fsp3) is 0.333. The minimum Gasteiger partial charge on any atom is -0.452 e. The van der Waals surface area contributed by atoms with Crippen LogP contribution in [0.15, 0.2) is 48.5 Å². The number of carbonyl (C=O) groups excluding carboxylic acids is 2. The van der Waals surface area contributed by atoms with Gasteiger partial charge in [-0.05, 0) is 17.7 Å². The molecule has 9 nitrogen and oxygen atoms in total. The molecular formula is C21H25N3O6. The van der Waals surface area contributed by atoms with Crippen LogP contribution in [0.1, 0.15) is 15.9 Å². The number of esters is 1. The van der Waals surface area contributed by atoms with E-state index in [1.807, 2.05) is 30.3 Å². The lowest BCUT2D eigenvalue weighted by Crippen LogP contribution is -2.36. The van der Waals surface area contributed by atoms with Gasteiger partial charge in [0, 0.05) is 40.4 Å². The summed E-state index contributed by atoms with van der Waals surface area (Å²) in [6, 6.07) is 13.5. The largest absolute Gasteiger partial charge is 0.452 e. The number of rotatable bonds is 10. The summed E-state index contributed by atoms with van der Waals surface area (Å²) < 4.78 is 10.2. The predicted molar refractivity (Wildman–Crippen MR) is 111 cm³/mol. The molecule has 1 amide bonds. The summed E-state index contributed by atoms with van der Waals surface area (Å²) in [6.07, 6.45) is 0. The Kier molecular flexibility index (Phi) is 8.30. The second-order valence-corrected chi connectivity index (χ2v) is 6.72. The van der Waals surface area contributed by atoms with Crippen LogP contribution in [0.3, 0.4) is 0 Å². The molecule has 2 aromatic carbocycles. The Balaban J connectivity index is 2.06. The zero-order valence-corrected chi connectivity index (χ0v) is 17.2. The Morgan fingerprint density at radius 2 is 1.80 bits per heavy atom. The van der Waals surface area contributed by atoms with E-state index in [0.717, 1.165) is 11.6 Å². The van der Waals surface area contributed by atoms with E-state index in [4.69, 9.17) is 9.47 Å². The van der Waals surface area contributed by atoms with Crippen molar-refractivity contribution in [3.05, 3.63) is 69.8 Å². The maximum Gasteiger partial charge on any atom is 0.338 e. The Morgan fingerprint density at radius 3 is 2.40 bits per heavy atom. The Labute approximate surface area is 174 Å². The SMILES string of the molecule is COCCN(Cc1ccccc1)C(=O)COC(=O)c1ccc(N(C)C)c([N+](=O)[O-])c1. The van der Waals surface area contributed by atoms with E-state index < -0.39 is 17.5 Å². The van der Waals surface area contributed by atoms with Gasteiger partial charge in [0.25, 0.3) is 11.6 Å². The first-order valence-electron chi connectivity index (χ1n) is 9.27. The van der Waals surface area contributed by atoms with Crippen molar-refractivity contribution in [3.8, 4) is 0 Å². The smallest absolute Gasteiger partial charge is 0.338 e. The van der Waals surface area contributed by atoms with E-state index in [-0.39, 0.29) is 17.2 Å². The minimum atomic E-state index is -0.803. The normalized spacial score (nSPS) is 10.4. The predicted octanol–water partition coefficient (Wildman–Crippen LogP) is 2.49. The van der Waals surface area contributed by atoms with Crippen LogP contribution in [0.4, 0.5) is 11.4 Å². The fourth-order valence-electron chi connectivity index (χ4n) is 2.77. The summed E-state index contributed by atoms with van der Waals surface area (Å²) in [5, 5.41) is 11.3. The van der Waals surface area contributed by atoms with Gasteiger partial charge in [-0.15, -0.1) is 0 Å². The Bertz CT molecular complexity index is 886. The van der Waals surface area contributed by atoms with Crippen molar-refractivity contribution >= 4 is 23.3 Å². The number of anilines is 1. The van der Waals surface area contributed by atoms with Crippen LogP contribution in [-0.4, -0.2) is 62.7 Å². The lowest BCUT2D eigenvalue weighted by molar-refractivity contribution is -0.384. The molecule has 0 atom stereocenters. The highest BCUT2D eigenvalue weighted by Crippen LogP contribution is 2.27. The third-order valence-corrected chi connectivity index (χ3v) is 4.35. The molecule has 9 heteroatoms. The number of carbonyl (C=O) groups is 2. The molecule has 2 rings (SSSR count). The highest BCUT2D eigenvalue weighted by atomic mass is 16.6. The van der Waals surface area contributed by atoms with Gasteiger partial charge in [0.05, 0.1) is 17.1 Å². The van der Waals surface area contributed by atoms with Crippen molar-refractivity contribution in [2.45, 2.75) is 6.54 Å². The van der Waals surface area contributed by atoms with E-state index in [0.29, 0.717) is 25.4 Å². The molecule has 0 saturated carbocycles. The zero-order chi connectivity index (χ0) is 22.1. The number of hydrogen-bond donors (Lipinski definition) is 0. The van der Waals surface area contributed by atoms with Crippen molar-refractivity contribution in [1.29, 1.82) is 0 Å². The molecule has 0 spiro atoms. The number of nitro benzene ring substituents is 1. The van der Waals surface area contributed by atoms with Gasteiger partial charge in [0.15, 0.2) is 6.61 Å². The number of benzene rings is 2. The molecule has 0 aliphatic rings. The topological polar surface area (TPSA) is 102 Å². The summed E-state index contributed by atoms with van der Waals surface area (Å²) in [5.74, 6) is -1.19. The summed E-state index contributed by atoms with van der Waals surface area (Å²) in [4.78, 5) is 38.8. The van der Waals surface area contributed by atoms with Gasteiger partial charge >= 0.3 is 5.97 Å². The van der Waals surface area contributed by atoms with Gasteiger partial charge in [-0.3, -0.25) is 14.9 Å². The first kappa shape index (κ1) is 22.8. The highest BCUT2D eigenvalue weighted by Gasteiger charge is 2.21. The first-order valence-corrected chi connectivity index (χ1v) is 9.27. The summed E-state index contributed by atoms with van der Waals surface area (Å²) in [5.41, 5.74) is 1.09. The lowest BCUT2D eigenvalue weighted by Gasteiger charge is -2.22. The van der Waals surface area contributed by atoms with E-state index in [1.165, 1.54) is 24.1 Å². The van der Waals surface area contributed by atoms with Crippen molar-refractivity contribution < 1.29 is 24.0 Å². The third-order valence-electron chi connectivity index (χ3n) is 4.35. The molecule has 0 bridgehead atoms. The zero-order valence-electron chi connectivity index (χ0n) is 17.2. The fourth-order valence-corrected chi connectivity index (χ4v) is 2.77. The van der Waals surface area contributed by atoms with Crippen LogP contribution < -0.4 is 4.90 Å². The van der Waals surface area contributed by atoms with Crippen LogP contribution in [0.2, 0.25) is 0 Å². The minimum absolute atomic E-state index is 0.00611. The molecule has 0 heterocycles. The highest BCUT2D eigenvalue weighted by molar-refractivity contribution is 5.93. The number of nitro groups is 1. The number of hydrogen-bond acceptors (Lipinski definition) is 7. The van der Waals surface area contributed by atoms with Gasteiger partial charge in [-0.1, -0.05) is 30.3 Å². The van der Waals surface area contributed by atoms with Gasteiger partial charge in [-0.25, -0.2) is 4.79 Å². The van der Waals surface area contributed by atoms with Crippen molar-refractivity contribution in [2.75, 3.05) is 45.9 Å². The van der Waals surface area contributed by atoms with Gasteiger partial charge in [0.1, 0.15) is 5.69 Å². The van der Waals surface area contributed by atoms with Crippen molar-refractivity contribution in [1.82, 2.24) is 4.90 Å². The summed E-state index contributed by atoms with van der Waals surface area (Å²) in [6.45, 7) is 0.553. The quantitative estimate of drug-likeness (QED) is 0.334. The first-order chi connectivity index (χ1) is 14.3. The lowest BCUT2D eigenvalue weighted by atomic mass is 10.1. The van der Waals surface area contributed by atoms with Crippen LogP contribution in [0.5, 0.6) is 0 Å². The van der Waals surface area contributed by atoms with Crippen LogP contribution >= 0.6 is 0 Å². The molecule has 2 aromatic rings. The summed E-state index contributed by atoms with van der Waals surface area (Å²) in [7, 11) is 4.87. The second-order valence-electron chi connectivity index (χ2n) is 6.72. The van der Waals surface area contributed by atoms with E-state index >= 15 is 0 Å². The summed E-state index contributed by atoms with van der Waals surface area (Å²) >= 11 is 0. The molecule has 0 N–H and O–H groups in total. The maximum absolute atomic E-state index is 12.6. The van der Waals surface area contributed by atoms with Gasteiger partial charge < -0.3 is 19.3 Å². The Morgan fingerprint density at radius 1 is 1.10 bits per heavy atom. The third kappa shape index (κ3) is 6.28. The van der Waals surface area contributed by atoms with Gasteiger partial charge in [-0.2, -0.15) is 0 Å². The van der Waals surface area contributed by atoms with Crippen LogP contribution in [-0.2, 0) is 20.8 Å². The monoisotopic (exact) mass is 415 g/mol. The van der Waals surface area contributed by atoms with E-state index in [2.05, 4.69) is 0 Å². The molecule has 30 heavy (non-hydrogen) atoms. The number of methoxy groups -OCH3 is 1. The standard InChI is InChI=1S/C21H25N3O6/c1-22(2)18-10-9-17(13-19(18)24(27)28)21(26)30-15-20(25)23(11-12-29-3)14-16-7-5-4-6-8-16/h4-10,13H,11-12,14-15H2,1-3H3. The molecule has 0 radical (unpaired) electrons. The van der Waals surface area contributed by atoms with E-state index in [9.17, 15) is 19.7 Å². The number of amides is 1. The average molecular weight is 415 g/mol. The molecular weight excluding hydrogens is 390 g/mol. The van der Waals surface area contributed by atoms with Crippen molar-refractivity contribution in [2.24, 2.45) is 0 Å². The average Bonchev–Trinajstić information content (AvgIpc) is 2.74. The molecule has 0 fully saturated rings. The van der Waals surface area contributed by atoms with E-state index in [1.54, 1.807) is 19.0 Å². The van der Waals surface area contributed by atoms with Gasteiger partial charge in [0.2, 0.25) is 0 Å². The molecule has 0 saturated heterocycles. The number of ether oxygens (including phenoxy) is 2. The number of nitrogens with zero attached hydrogens (tertiary/aromatic N) is 3. The molecule has 0 aliphatic carbocycles. The maximum atomic E-state index is 12.6. The Hall–Kier alpha value is -3.46. The molecule has 0 unspecified atom stereocenters.